The average molecular weight is 259 g/mol. The Kier molecular flexibility index (Phi) is 2.97. The van der Waals surface area contributed by atoms with Gasteiger partial charge < -0.3 is 5.32 Å². The molecule has 100 valence electrons. The van der Waals surface area contributed by atoms with Crippen LogP contribution in [0.2, 0.25) is 0 Å². The van der Waals surface area contributed by atoms with Crippen molar-refractivity contribution in [3.05, 3.63) is 24.5 Å². The zero-order chi connectivity index (χ0) is 13.3. The Labute approximate surface area is 112 Å². The first kappa shape index (κ1) is 12.1. The van der Waals surface area contributed by atoms with Crippen LogP contribution >= 0.6 is 0 Å². The highest BCUT2D eigenvalue weighted by Gasteiger charge is 2.47. The number of carbonyl (C=O) groups is 2. The van der Waals surface area contributed by atoms with E-state index in [0.29, 0.717) is 5.69 Å². The van der Waals surface area contributed by atoms with E-state index in [1.54, 1.807) is 23.4 Å². The van der Waals surface area contributed by atoms with Crippen molar-refractivity contribution in [1.82, 2.24) is 10.3 Å². The van der Waals surface area contributed by atoms with E-state index in [4.69, 9.17) is 0 Å². The molecule has 0 unspecified atom stereocenters. The second kappa shape index (κ2) is 4.64. The van der Waals surface area contributed by atoms with E-state index in [2.05, 4.69) is 10.3 Å². The van der Waals surface area contributed by atoms with E-state index in [1.807, 2.05) is 6.07 Å². The van der Waals surface area contributed by atoms with Gasteiger partial charge in [0.2, 0.25) is 5.91 Å². The third-order valence-electron chi connectivity index (χ3n) is 4.00. The van der Waals surface area contributed by atoms with Crippen LogP contribution in [0.1, 0.15) is 32.1 Å². The fraction of sp³-hybridized carbons (Fsp3) is 0.500. The van der Waals surface area contributed by atoms with Crippen LogP contribution in [0.15, 0.2) is 24.5 Å². The molecule has 0 radical (unpaired) electrons. The second-order valence-electron chi connectivity index (χ2n) is 5.29. The minimum absolute atomic E-state index is 0.0137. The zero-order valence-electron chi connectivity index (χ0n) is 10.8. The lowest BCUT2D eigenvalue weighted by Crippen LogP contribution is -2.67. The molecule has 0 bridgehead atoms. The number of nitrogens with one attached hydrogen (secondary N) is 1. The second-order valence-corrected chi connectivity index (χ2v) is 5.29. The number of nitrogens with zero attached hydrogens (tertiary/aromatic N) is 2. The summed E-state index contributed by atoms with van der Waals surface area (Å²) in [6.07, 6.45) is 7.90. The van der Waals surface area contributed by atoms with E-state index in [-0.39, 0.29) is 18.4 Å². The maximum Gasteiger partial charge on any atom is 0.253 e. The van der Waals surface area contributed by atoms with Crippen molar-refractivity contribution in [2.24, 2.45) is 0 Å². The molecule has 19 heavy (non-hydrogen) atoms. The number of hydrogen-bond acceptors (Lipinski definition) is 3. The Morgan fingerprint density at radius 3 is 2.68 bits per heavy atom. The van der Waals surface area contributed by atoms with Crippen LogP contribution in [0.3, 0.4) is 0 Å². The molecule has 3 rings (SSSR count). The van der Waals surface area contributed by atoms with Crippen LogP contribution in [0.4, 0.5) is 5.69 Å². The monoisotopic (exact) mass is 259 g/mol. The third-order valence-corrected chi connectivity index (χ3v) is 4.00. The van der Waals surface area contributed by atoms with Gasteiger partial charge in [-0.25, -0.2) is 0 Å². The fourth-order valence-corrected chi connectivity index (χ4v) is 3.05. The van der Waals surface area contributed by atoms with Gasteiger partial charge in [-0.3, -0.25) is 19.5 Å². The lowest BCUT2D eigenvalue weighted by molar-refractivity contribution is -0.137. The SMILES string of the molecule is O=C1CN(c2cccnc2)C(=O)C2(CCCCC2)N1. The smallest absolute Gasteiger partial charge is 0.253 e. The van der Waals surface area contributed by atoms with Crippen LogP contribution in [0, 0.1) is 0 Å². The average Bonchev–Trinajstić information content (AvgIpc) is 2.45. The van der Waals surface area contributed by atoms with E-state index >= 15 is 0 Å². The first-order chi connectivity index (χ1) is 9.21. The molecule has 1 spiro atoms. The van der Waals surface area contributed by atoms with Gasteiger partial charge in [-0.1, -0.05) is 19.3 Å². The molecule has 1 aliphatic heterocycles. The largest absolute Gasteiger partial charge is 0.340 e. The van der Waals surface area contributed by atoms with E-state index in [0.717, 1.165) is 32.1 Å². The van der Waals surface area contributed by atoms with Crippen molar-refractivity contribution < 1.29 is 9.59 Å². The van der Waals surface area contributed by atoms with Crippen LogP contribution in [0.25, 0.3) is 0 Å². The fourth-order valence-electron chi connectivity index (χ4n) is 3.05. The molecule has 0 atom stereocenters. The molecule has 1 N–H and O–H groups in total. The van der Waals surface area contributed by atoms with Crippen molar-refractivity contribution >= 4 is 17.5 Å². The number of hydrogen-bond donors (Lipinski definition) is 1. The van der Waals surface area contributed by atoms with Gasteiger partial charge in [-0.15, -0.1) is 0 Å². The van der Waals surface area contributed by atoms with Gasteiger partial charge in [-0.05, 0) is 25.0 Å². The third kappa shape index (κ3) is 2.09. The summed E-state index contributed by atoms with van der Waals surface area (Å²) in [5.74, 6) is -0.0647. The van der Waals surface area contributed by atoms with E-state index < -0.39 is 5.54 Å². The van der Waals surface area contributed by atoms with Gasteiger partial charge in [0.25, 0.3) is 5.91 Å². The molecule has 5 heteroatoms. The summed E-state index contributed by atoms with van der Waals surface area (Å²) in [4.78, 5) is 30.3. The van der Waals surface area contributed by atoms with Crippen molar-refractivity contribution in [2.75, 3.05) is 11.4 Å². The number of pyridine rings is 1. The molecule has 0 aromatic carbocycles. The molecule has 1 aromatic rings. The summed E-state index contributed by atoms with van der Waals surface area (Å²) in [7, 11) is 0. The van der Waals surface area contributed by atoms with Crippen LogP contribution in [-0.2, 0) is 9.59 Å². The van der Waals surface area contributed by atoms with Crippen LogP contribution in [-0.4, -0.2) is 28.9 Å². The zero-order valence-corrected chi connectivity index (χ0v) is 10.8. The summed E-state index contributed by atoms with van der Waals surface area (Å²) in [6.45, 7) is 0.0896. The molecule has 1 aliphatic carbocycles. The molecular weight excluding hydrogens is 242 g/mol. The molecule has 2 fully saturated rings. The van der Waals surface area contributed by atoms with Crippen LogP contribution in [0.5, 0.6) is 0 Å². The highest BCUT2D eigenvalue weighted by atomic mass is 16.2. The molecular formula is C14H17N3O2. The quantitative estimate of drug-likeness (QED) is 0.825. The van der Waals surface area contributed by atoms with Gasteiger partial charge in [0, 0.05) is 6.20 Å². The molecule has 2 aliphatic rings. The van der Waals surface area contributed by atoms with Crippen molar-refractivity contribution in [2.45, 2.75) is 37.6 Å². The Hall–Kier alpha value is -1.91. The lowest BCUT2D eigenvalue weighted by Gasteiger charge is -2.43. The van der Waals surface area contributed by atoms with Gasteiger partial charge in [0.05, 0.1) is 11.9 Å². The summed E-state index contributed by atoms with van der Waals surface area (Å²) in [6, 6.07) is 3.60. The molecule has 1 saturated heterocycles. The Morgan fingerprint density at radius 2 is 2.00 bits per heavy atom. The molecule has 2 heterocycles. The maximum absolute atomic E-state index is 12.7. The Balaban J connectivity index is 1.93. The molecule has 1 saturated carbocycles. The summed E-state index contributed by atoms with van der Waals surface area (Å²) in [5, 5.41) is 2.93. The van der Waals surface area contributed by atoms with E-state index in [1.165, 1.54) is 0 Å². The minimum atomic E-state index is -0.677. The van der Waals surface area contributed by atoms with Crippen molar-refractivity contribution in [3.63, 3.8) is 0 Å². The number of rotatable bonds is 1. The highest BCUT2D eigenvalue weighted by Crippen LogP contribution is 2.33. The normalized spacial score (nSPS) is 22.4. The van der Waals surface area contributed by atoms with Crippen molar-refractivity contribution in [1.29, 1.82) is 0 Å². The molecule has 2 amide bonds. The molecule has 1 aromatic heterocycles. The predicted molar refractivity (Wildman–Crippen MR) is 70.5 cm³/mol. The van der Waals surface area contributed by atoms with Crippen LogP contribution < -0.4 is 10.2 Å². The number of anilines is 1. The summed E-state index contributed by atoms with van der Waals surface area (Å²) >= 11 is 0. The predicted octanol–water partition coefficient (Wildman–Crippen LogP) is 1.25. The standard InChI is InChI=1S/C14H17N3O2/c18-12-10-17(11-5-4-8-15-9-11)13(19)14(16-12)6-2-1-3-7-14/h4-5,8-9H,1-3,6-7,10H2,(H,16,18). The highest BCUT2D eigenvalue weighted by molar-refractivity contribution is 6.09. The molecule has 5 nitrogen and oxygen atoms in total. The first-order valence-corrected chi connectivity index (χ1v) is 6.74. The van der Waals surface area contributed by atoms with Gasteiger partial charge in [0.1, 0.15) is 12.1 Å². The van der Waals surface area contributed by atoms with Crippen molar-refractivity contribution in [3.8, 4) is 0 Å². The number of aromatic nitrogens is 1. The first-order valence-electron chi connectivity index (χ1n) is 6.74. The summed E-state index contributed by atoms with van der Waals surface area (Å²) < 4.78 is 0. The lowest BCUT2D eigenvalue weighted by atomic mass is 9.79. The number of carbonyl (C=O) groups excluding carboxylic acids is 2. The maximum atomic E-state index is 12.7. The topological polar surface area (TPSA) is 62.3 Å². The number of amides is 2. The number of piperazine rings is 1. The van der Waals surface area contributed by atoms with Gasteiger partial charge in [0.15, 0.2) is 0 Å². The summed E-state index contributed by atoms with van der Waals surface area (Å²) in [5.41, 5.74) is 0.0240. The Morgan fingerprint density at radius 1 is 1.21 bits per heavy atom. The van der Waals surface area contributed by atoms with E-state index in [9.17, 15) is 9.59 Å². The van der Waals surface area contributed by atoms with Gasteiger partial charge >= 0.3 is 0 Å². The Bertz CT molecular complexity index is 495. The van der Waals surface area contributed by atoms with Gasteiger partial charge in [-0.2, -0.15) is 0 Å². The minimum Gasteiger partial charge on any atom is -0.340 e.